The Bertz CT molecular complexity index is 1240. The lowest BCUT2D eigenvalue weighted by atomic mass is 9.91. The molecular formula is C23H16O5. The predicted molar refractivity (Wildman–Crippen MR) is 107 cm³/mol. The maximum absolute atomic E-state index is 12.6. The highest BCUT2D eigenvalue weighted by atomic mass is 16.5. The number of carbonyl (C=O) groups excluding carboxylic acids is 1. The van der Waals surface area contributed by atoms with E-state index >= 15 is 0 Å². The molecular weight excluding hydrogens is 356 g/mol. The summed E-state index contributed by atoms with van der Waals surface area (Å²) in [7, 11) is 0. The first-order chi connectivity index (χ1) is 13.6. The van der Waals surface area contributed by atoms with Crippen LogP contribution in [0, 0.1) is 0 Å². The van der Waals surface area contributed by atoms with E-state index in [0.717, 1.165) is 5.56 Å². The van der Waals surface area contributed by atoms with Crippen molar-refractivity contribution in [3.8, 4) is 28.2 Å². The molecule has 0 aromatic heterocycles. The molecule has 4 rings (SSSR count). The summed E-state index contributed by atoms with van der Waals surface area (Å²) in [6.07, 6.45) is 1.51. The average Bonchev–Trinajstić information content (AvgIpc) is 2.70. The minimum atomic E-state index is -0.475. The molecule has 0 amide bonds. The third-order valence-corrected chi connectivity index (χ3v) is 4.43. The van der Waals surface area contributed by atoms with Crippen LogP contribution in [0.3, 0.4) is 0 Å². The molecule has 1 N–H and O–H groups in total. The van der Waals surface area contributed by atoms with Gasteiger partial charge < -0.3 is 14.3 Å². The molecule has 5 nitrogen and oxygen atoms in total. The minimum absolute atomic E-state index is 0.0403. The van der Waals surface area contributed by atoms with Crippen molar-refractivity contribution in [2.24, 2.45) is 0 Å². The number of hydrogen-bond acceptors (Lipinski definition) is 5. The number of hydrogen-bond donors (Lipinski definition) is 1. The van der Waals surface area contributed by atoms with E-state index in [9.17, 15) is 14.7 Å². The summed E-state index contributed by atoms with van der Waals surface area (Å²) in [5.74, 6) is -0.0646. The summed E-state index contributed by atoms with van der Waals surface area (Å²) in [4.78, 5) is 24.4. The zero-order valence-electron chi connectivity index (χ0n) is 14.8. The largest absolute Gasteiger partial charge is 0.508 e. The monoisotopic (exact) mass is 372 g/mol. The Hall–Kier alpha value is -3.86. The van der Waals surface area contributed by atoms with E-state index in [0.29, 0.717) is 33.4 Å². The van der Waals surface area contributed by atoms with Gasteiger partial charge in [-0.2, -0.15) is 0 Å². The van der Waals surface area contributed by atoms with Gasteiger partial charge in [0.25, 0.3) is 0 Å². The van der Waals surface area contributed by atoms with Gasteiger partial charge in [-0.05, 0) is 35.9 Å². The van der Waals surface area contributed by atoms with Gasteiger partial charge in [-0.1, -0.05) is 30.9 Å². The number of aromatic hydroxyl groups is 1. The molecule has 2 aliphatic rings. The second-order valence-electron chi connectivity index (χ2n) is 6.25. The molecule has 0 saturated carbocycles. The molecule has 1 aliphatic carbocycles. The van der Waals surface area contributed by atoms with Gasteiger partial charge >= 0.3 is 5.97 Å². The van der Waals surface area contributed by atoms with Gasteiger partial charge in [-0.3, -0.25) is 4.79 Å². The second-order valence-corrected chi connectivity index (χ2v) is 6.25. The first-order valence-electron chi connectivity index (χ1n) is 8.65. The fourth-order valence-corrected chi connectivity index (χ4v) is 3.24. The van der Waals surface area contributed by atoms with E-state index in [1.807, 2.05) is 12.1 Å². The molecule has 0 fully saturated rings. The topological polar surface area (TPSA) is 76.7 Å². The highest BCUT2D eigenvalue weighted by Gasteiger charge is 2.22. The van der Waals surface area contributed by atoms with Crippen molar-refractivity contribution in [3.63, 3.8) is 0 Å². The van der Waals surface area contributed by atoms with Crippen molar-refractivity contribution in [2.75, 3.05) is 6.61 Å². The fourth-order valence-electron chi connectivity index (χ4n) is 3.24. The van der Waals surface area contributed by atoms with Gasteiger partial charge in [0.2, 0.25) is 0 Å². The van der Waals surface area contributed by atoms with Crippen LogP contribution in [0.5, 0.6) is 5.75 Å². The van der Waals surface area contributed by atoms with Crippen molar-refractivity contribution >= 4 is 16.9 Å². The van der Waals surface area contributed by atoms with E-state index < -0.39 is 5.97 Å². The molecule has 1 heterocycles. The quantitative estimate of drug-likeness (QED) is 0.321. The number of benzene rings is 3. The van der Waals surface area contributed by atoms with Crippen molar-refractivity contribution in [1.82, 2.24) is 0 Å². The van der Waals surface area contributed by atoms with Crippen molar-refractivity contribution < 1.29 is 19.1 Å². The number of phenols is 1. The first kappa shape index (κ1) is 17.5. The second kappa shape index (κ2) is 7.04. The van der Waals surface area contributed by atoms with Crippen molar-refractivity contribution in [2.45, 2.75) is 0 Å². The molecule has 0 radical (unpaired) electrons. The third kappa shape index (κ3) is 3.03. The van der Waals surface area contributed by atoms with Crippen molar-refractivity contribution in [1.29, 1.82) is 0 Å². The van der Waals surface area contributed by atoms with Crippen LogP contribution >= 0.6 is 0 Å². The Morgan fingerprint density at radius 3 is 2.71 bits per heavy atom. The lowest BCUT2D eigenvalue weighted by Crippen LogP contribution is -2.07. The van der Waals surface area contributed by atoms with E-state index in [2.05, 4.69) is 6.58 Å². The van der Waals surface area contributed by atoms with Crippen LogP contribution in [0.1, 0.15) is 10.4 Å². The summed E-state index contributed by atoms with van der Waals surface area (Å²) in [5, 5.41) is 10.6. The molecule has 0 unspecified atom stereocenters. The summed E-state index contributed by atoms with van der Waals surface area (Å²) in [6.45, 7) is 3.67. The molecule has 1 aliphatic heterocycles. The molecule has 5 heteroatoms. The van der Waals surface area contributed by atoms with Crippen LogP contribution in [0.2, 0.25) is 0 Å². The van der Waals surface area contributed by atoms with E-state index in [1.54, 1.807) is 30.3 Å². The third-order valence-electron chi connectivity index (χ3n) is 4.43. The van der Waals surface area contributed by atoms with Gasteiger partial charge in [0, 0.05) is 28.6 Å². The molecule has 138 valence electrons. The van der Waals surface area contributed by atoms with Crippen LogP contribution in [0.15, 0.2) is 82.5 Å². The standard InChI is InChI=1S/C23H16O5/c1-2-11-27-23(26)17-6-4-3-5-16(17)22-18-9-7-14(24)12-20(18)28-21-13-15(25)8-10-19(21)22/h2-10,12-13,24H,1,11H2. The Balaban J connectivity index is 2.07. The normalized spacial score (nSPS) is 10.9. The number of esters is 1. The Labute approximate surface area is 160 Å². The van der Waals surface area contributed by atoms with E-state index in [4.69, 9.17) is 9.15 Å². The average molecular weight is 372 g/mol. The molecule has 0 bridgehead atoms. The number of ether oxygens (including phenoxy) is 1. The number of carbonyl (C=O) groups is 1. The highest BCUT2D eigenvalue weighted by molar-refractivity contribution is 6.07. The summed E-state index contributed by atoms with van der Waals surface area (Å²) in [5.41, 5.74) is 2.65. The molecule has 0 atom stereocenters. The molecule has 2 aromatic carbocycles. The zero-order valence-corrected chi connectivity index (χ0v) is 14.8. The van der Waals surface area contributed by atoms with Gasteiger partial charge in [0.1, 0.15) is 23.7 Å². The van der Waals surface area contributed by atoms with Crippen LogP contribution in [0.25, 0.3) is 33.4 Å². The van der Waals surface area contributed by atoms with Gasteiger partial charge in [0.05, 0.1) is 5.56 Å². The minimum Gasteiger partial charge on any atom is -0.508 e. The SMILES string of the molecule is C=CCOC(=O)c1ccccc1-c1c2ccc(=O)cc-2oc2cc(O)ccc12. The lowest BCUT2D eigenvalue weighted by molar-refractivity contribution is 0.0550. The predicted octanol–water partition coefficient (Wildman–Crippen LogP) is 4.61. The highest BCUT2D eigenvalue weighted by Crippen LogP contribution is 2.41. The van der Waals surface area contributed by atoms with E-state index in [1.165, 1.54) is 24.3 Å². The van der Waals surface area contributed by atoms with Gasteiger partial charge in [0.15, 0.2) is 5.43 Å². The first-order valence-corrected chi connectivity index (χ1v) is 8.65. The van der Waals surface area contributed by atoms with Crippen LogP contribution < -0.4 is 5.43 Å². The lowest BCUT2D eigenvalue weighted by Gasteiger charge is -2.17. The zero-order chi connectivity index (χ0) is 19.7. The summed E-state index contributed by atoms with van der Waals surface area (Å²) >= 11 is 0. The Morgan fingerprint density at radius 1 is 1.07 bits per heavy atom. The number of rotatable bonds is 4. The Kier molecular flexibility index (Phi) is 4.41. The smallest absolute Gasteiger partial charge is 0.339 e. The maximum Gasteiger partial charge on any atom is 0.339 e. The molecule has 0 saturated heterocycles. The number of phenolic OH excluding ortho intramolecular Hbond substituents is 1. The van der Waals surface area contributed by atoms with Crippen LogP contribution in [-0.4, -0.2) is 17.7 Å². The fraction of sp³-hybridized carbons (Fsp3) is 0.0435. The number of fused-ring (bicyclic) bond motifs is 2. The van der Waals surface area contributed by atoms with Gasteiger partial charge in [-0.15, -0.1) is 0 Å². The van der Waals surface area contributed by atoms with Gasteiger partial charge in [-0.25, -0.2) is 4.79 Å². The van der Waals surface area contributed by atoms with Crippen LogP contribution in [-0.2, 0) is 4.74 Å². The maximum atomic E-state index is 12.6. The summed E-state index contributed by atoms with van der Waals surface area (Å²) in [6, 6.07) is 16.3. The summed E-state index contributed by atoms with van der Waals surface area (Å²) < 4.78 is 11.1. The molecule has 0 spiro atoms. The van der Waals surface area contributed by atoms with E-state index in [-0.39, 0.29) is 17.8 Å². The molecule has 28 heavy (non-hydrogen) atoms. The molecule has 2 aromatic rings. The van der Waals surface area contributed by atoms with Crippen molar-refractivity contribution in [3.05, 3.63) is 89.1 Å². The van der Waals surface area contributed by atoms with Crippen LogP contribution in [0.4, 0.5) is 0 Å². The Morgan fingerprint density at radius 2 is 1.89 bits per heavy atom.